The molecule has 0 aliphatic carbocycles. The van der Waals surface area contributed by atoms with Crippen LogP contribution in [0.3, 0.4) is 0 Å². The lowest BCUT2D eigenvalue weighted by atomic mass is 10.0. The predicted octanol–water partition coefficient (Wildman–Crippen LogP) is 1.64. The molecule has 0 saturated carbocycles. The van der Waals surface area contributed by atoms with Gasteiger partial charge in [-0.1, -0.05) is 0 Å². The summed E-state index contributed by atoms with van der Waals surface area (Å²) in [5, 5.41) is 23.5. The number of aromatic carboxylic acids is 1. The summed E-state index contributed by atoms with van der Waals surface area (Å²) in [5.41, 5.74) is -0.0242. The van der Waals surface area contributed by atoms with Gasteiger partial charge in [-0.2, -0.15) is 0 Å². The Hall–Kier alpha value is -2.28. The second-order valence-corrected chi connectivity index (χ2v) is 4.95. The number of rotatable bonds is 4. The van der Waals surface area contributed by atoms with E-state index in [0.717, 1.165) is 25.5 Å². The maximum Gasteiger partial charge on any atom is 0.337 e. The standard InChI is InChI=1S/C14H18N2O5/c17-10-3-4-12(11(6-10)13(18)19)16-14(20)15-7-9-2-1-5-21-8-9/h3-4,6,9,17H,1-2,5,7-8H2,(H,18,19)(H2,15,16,20). The Morgan fingerprint density at radius 3 is 2.86 bits per heavy atom. The van der Waals surface area contributed by atoms with Crippen molar-refractivity contribution in [2.24, 2.45) is 5.92 Å². The number of hydrogen-bond donors (Lipinski definition) is 4. The third kappa shape index (κ3) is 4.35. The topological polar surface area (TPSA) is 108 Å². The van der Waals surface area contributed by atoms with Crippen molar-refractivity contribution in [2.45, 2.75) is 12.8 Å². The van der Waals surface area contributed by atoms with Crippen molar-refractivity contribution < 1.29 is 24.5 Å². The van der Waals surface area contributed by atoms with E-state index in [1.54, 1.807) is 0 Å². The van der Waals surface area contributed by atoms with Crippen LogP contribution in [0.5, 0.6) is 5.75 Å². The number of carbonyl (C=O) groups is 2. The van der Waals surface area contributed by atoms with Gasteiger partial charge in [0.05, 0.1) is 17.9 Å². The molecule has 0 spiro atoms. The van der Waals surface area contributed by atoms with Crippen molar-refractivity contribution in [3.63, 3.8) is 0 Å². The van der Waals surface area contributed by atoms with Crippen molar-refractivity contribution >= 4 is 17.7 Å². The van der Waals surface area contributed by atoms with E-state index in [-0.39, 0.29) is 22.9 Å². The van der Waals surface area contributed by atoms with E-state index in [1.165, 1.54) is 12.1 Å². The van der Waals surface area contributed by atoms with E-state index < -0.39 is 12.0 Å². The van der Waals surface area contributed by atoms with E-state index in [0.29, 0.717) is 13.2 Å². The van der Waals surface area contributed by atoms with E-state index in [1.807, 2.05) is 0 Å². The highest BCUT2D eigenvalue weighted by atomic mass is 16.5. The van der Waals surface area contributed by atoms with E-state index in [4.69, 9.17) is 9.84 Å². The first-order valence-corrected chi connectivity index (χ1v) is 6.75. The van der Waals surface area contributed by atoms with Crippen LogP contribution in [0.2, 0.25) is 0 Å². The van der Waals surface area contributed by atoms with Gasteiger partial charge in [0.2, 0.25) is 0 Å². The number of carboxylic acid groups (broad SMARTS) is 1. The Labute approximate surface area is 121 Å². The lowest BCUT2D eigenvalue weighted by Crippen LogP contribution is -2.36. The fourth-order valence-electron chi connectivity index (χ4n) is 2.19. The van der Waals surface area contributed by atoms with Gasteiger partial charge in [-0.05, 0) is 37.0 Å². The molecule has 1 aliphatic heterocycles. The van der Waals surface area contributed by atoms with E-state index >= 15 is 0 Å². The third-order valence-corrected chi connectivity index (χ3v) is 3.29. The van der Waals surface area contributed by atoms with Crippen LogP contribution in [-0.2, 0) is 4.74 Å². The number of ether oxygens (including phenoxy) is 1. The molecule has 21 heavy (non-hydrogen) atoms. The first kappa shape index (κ1) is 15.1. The highest BCUT2D eigenvalue weighted by Crippen LogP contribution is 2.21. The lowest BCUT2D eigenvalue weighted by Gasteiger charge is -2.22. The number of phenols is 1. The van der Waals surface area contributed by atoms with Crippen molar-refractivity contribution in [1.29, 1.82) is 0 Å². The first-order valence-electron chi connectivity index (χ1n) is 6.75. The molecule has 1 aliphatic rings. The monoisotopic (exact) mass is 294 g/mol. The van der Waals surface area contributed by atoms with Crippen molar-refractivity contribution in [3.8, 4) is 5.75 Å². The summed E-state index contributed by atoms with van der Waals surface area (Å²) in [5.74, 6) is -1.11. The molecular formula is C14H18N2O5. The molecular weight excluding hydrogens is 276 g/mol. The van der Waals surface area contributed by atoms with Crippen LogP contribution in [0, 0.1) is 5.92 Å². The fourth-order valence-corrected chi connectivity index (χ4v) is 2.19. The number of carboxylic acids is 1. The first-order chi connectivity index (χ1) is 10.1. The molecule has 1 atom stereocenters. The summed E-state index contributed by atoms with van der Waals surface area (Å²) in [6.07, 6.45) is 1.98. The average Bonchev–Trinajstić information content (AvgIpc) is 2.48. The highest BCUT2D eigenvalue weighted by Gasteiger charge is 2.16. The number of hydrogen-bond acceptors (Lipinski definition) is 4. The lowest BCUT2D eigenvalue weighted by molar-refractivity contribution is 0.0559. The zero-order chi connectivity index (χ0) is 15.2. The minimum atomic E-state index is -1.22. The van der Waals surface area contributed by atoms with Gasteiger partial charge in [-0.25, -0.2) is 9.59 Å². The zero-order valence-electron chi connectivity index (χ0n) is 11.5. The van der Waals surface area contributed by atoms with Gasteiger partial charge in [-0.3, -0.25) is 0 Å². The van der Waals surface area contributed by atoms with E-state index in [2.05, 4.69) is 10.6 Å². The summed E-state index contributed by atoms with van der Waals surface area (Å²) < 4.78 is 5.32. The summed E-state index contributed by atoms with van der Waals surface area (Å²) in [4.78, 5) is 22.9. The SMILES string of the molecule is O=C(NCC1CCCOC1)Nc1ccc(O)cc1C(=O)O. The van der Waals surface area contributed by atoms with Crippen molar-refractivity contribution in [3.05, 3.63) is 23.8 Å². The molecule has 1 aromatic rings. The molecule has 1 aromatic carbocycles. The maximum absolute atomic E-state index is 11.8. The molecule has 2 amide bonds. The van der Waals surface area contributed by atoms with Crippen LogP contribution in [0.15, 0.2) is 18.2 Å². The molecule has 4 N–H and O–H groups in total. The van der Waals surface area contributed by atoms with Gasteiger partial charge < -0.3 is 25.6 Å². The quantitative estimate of drug-likeness (QED) is 0.631. The van der Waals surface area contributed by atoms with Crippen LogP contribution in [0.25, 0.3) is 0 Å². The minimum Gasteiger partial charge on any atom is -0.508 e. The second kappa shape index (κ2) is 6.94. The Morgan fingerprint density at radius 1 is 1.38 bits per heavy atom. The van der Waals surface area contributed by atoms with Crippen molar-refractivity contribution in [2.75, 3.05) is 25.1 Å². The largest absolute Gasteiger partial charge is 0.508 e. The Balaban J connectivity index is 1.91. The molecule has 1 unspecified atom stereocenters. The molecule has 1 saturated heterocycles. The molecule has 2 rings (SSSR count). The van der Waals surface area contributed by atoms with Gasteiger partial charge in [0.25, 0.3) is 0 Å². The van der Waals surface area contributed by atoms with Crippen LogP contribution in [-0.4, -0.2) is 42.0 Å². The third-order valence-electron chi connectivity index (χ3n) is 3.29. The summed E-state index contributed by atoms with van der Waals surface area (Å²) in [6.45, 7) is 1.87. The number of amides is 2. The number of nitrogens with one attached hydrogen (secondary N) is 2. The molecule has 7 heteroatoms. The smallest absolute Gasteiger partial charge is 0.337 e. The average molecular weight is 294 g/mol. The van der Waals surface area contributed by atoms with Gasteiger partial charge in [0, 0.05) is 13.2 Å². The molecule has 1 heterocycles. The van der Waals surface area contributed by atoms with Gasteiger partial charge in [0.15, 0.2) is 0 Å². The number of phenolic OH excluding ortho intramolecular Hbond substituents is 1. The summed E-state index contributed by atoms with van der Waals surface area (Å²) in [7, 11) is 0. The Bertz CT molecular complexity index is 526. The van der Waals surface area contributed by atoms with Gasteiger partial charge in [0.1, 0.15) is 5.75 Å². The maximum atomic E-state index is 11.8. The zero-order valence-corrected chi connectivity index (χ0v) is 11.5. The van der Waals surface area contributed by atoms with Crippen molar-refractivity contribution in [1.82, 2.24) is 5.32 Å². The number of benzene rings is 1. The predicted molar refractivity (Wildman–Crippen MR) is 75.6 cm³/mol. The number of anilines is 1. The normalized spacial score (nSPS) is 18.0. The van der Waals surface area contributed by atoms with Crippen LogP contribution in [0.1, 0.15) is 23.2 Å². The number of urea groups is 1. The second-order valence-electron chi connectivity index (χ2n) is 4.95. The fraction of sp³-hybridized carbons (Fsp3) is 0.429. The van der Waals surface area contributed by atoms with Gasteiger partial charge in [-0.15, -0.1) is 0 Å². The summed E-state index contributed by atoms with van der Waals surface area (Å²) >= 11 is 0. The number of carbonyl (C=O) groups excluding carboxylic acids is 1. The van der Waals surface area contributed by atoms with Crippen LogP contribution in [0.4, 0.5) is 10.5 Å². The molecule has 114 valence electrons. The molecule has 1 fully saturated rings. The minimum absolute atomic E-state index is 0.137. The molecule has 0 aromatic heterocycles. The highest BCUT2D eigenvalue weighted by molar-refractivity contribution is 6.00. The molecule has 0 bridgehead atoms. The Morgan fingerprint density at radius 2 is 2.19 bits per heavy atom. The Kier molecular flexibility index (Phi) is 4.99. The van der Waals surface area contributed by atoms with Gasteiger partial charge >= 0.3 is 12.0 Å². The van der Waals surface area contributed by atoms with Crippen LogP contribution >= 0.6 is 0 Å². The molecule has 0 radical (unpaired) electrons. The molecule has 7 nitrogen and oxygen atoms in total. The van der Waals surface area contributed by atoms with E-state index in [9.17, 15) is 14.7 Å². The number of aromatic hydroxyl groups is 1. The summed E-state index contributed by atoms with van der Waals surface area (Å²) in [6, 6.07) is 3.28. The van der Waals surface area contributed by atoms with Crippen LogP contribution < -0.4 is 10.6 Å².